The molecular weight excluding hydrogens is 363 g/mol. The van der Waals surface area contributed by atoms with E-state index < -0.39 is 0 Å². The summed E-state index contributed by atoms with van der Waals surface area (Å²) in [5.74, 6) is 0.680. The van der Waals surface area contributed by atoms with Crippen molar-refractivity contribution in [3.05, 3.63) is 95.8 Å². The number of hydrogen-bond acceptors (Lipinski definition) is 2. The number of nitrogens with one attached hydrogen (secondary N) is 2. The summed E-state index contributed by atoms with van der Waals surface area (Å²) in [6, 6.07) is 25.0. The lowest BCUT2D eigenvalue weighted by Gasteiger charge is -2.11. The summed E-state index contributed by atoms with van der Waals surface area (Å²) in [5, 5.41) is 6.75. The minimum atomic E-state index is -0.243. The van der Waals surface area contributed by atoms with Gasteiger partial charge in [0.15, 0.2) is 5.11 Å². The number of hydrogen-bond donors (Lipinski definition) is 2. The minimum Gasteiger partial charge on any atom is -0.358 e. The van der Waals surface area contributed by atoms with Gasteiger partial charge in [-0.3, -0.25) is 0 Å². The molecular formula is C21H19FN2S2. The average Bonchev–Trinajstić information content (AvgIpc) is 2.67. The van der Waals surface area contributed by atoms with E-state index in [1.807, 2.05) is 48.2 Å². The molecule has 2 nitrogen and oxygen atoms in total. The molecule has 0 unspecified atom stereocenters. The highest BCUT2D eigenvalue weighted by molar-refractivity contribution is 7.98. The Kier molecular flexibility index (Phi) is 6.63. The predicted octanol–water partition coefficient (Wildman–Crippen LogP) is 5.60. The zero-order valence-electron chi connectivity index (χ0n) is 14.1. The molecule has 0 heterocycles. The standard InChI is InChI=1S/C21H19FN2S2/c22-18-6-4-5-17(13-18)14-23-21(25)24-19-11-9-16(10-12-19)15-26-20-7-2-1-3-8-20/h1-13H,14-15H2,(H2,23,24,25). The molecule has 0 spiro atoms. The summed E-state index contributed by atoms with van der Waals surface area (Å²) in [4.78, 5) is 1.26. The van der Waals surface area contributed by atoms with Crippen LogP contribution in [0.5, 0.6) is 0 Å². The fraction of sp³-hybridized carbons (Fsp3) is 0.0952. The fourth-order valence-electron chi connectivity index (χ4n) is 2.37. The molecule has 3 rings (SSSR count). The summed E-state index contributed by atoms with van der Waals surface area (Å²) >= 11 is 7.11. The van der Waals surface area contributed by atoms with Crippen LogP contribution in [0.2, 0.25) is 0 Å². The van der Waals surface area contributed by atoms with Gasteiger partial charge in [-0.15, -0.1) is 11.8 Å². The number of rotatable bonds is 6. The first-order valence-electron chi connectivity index (χ1n) is 8.25. The van der Waals surface area contributed by atoms with Gasteiger partial charge in [0.05, 0.1) is 0 Å². The van der Waals surface area contributed by atoms with E-state index in [9.17, 15) is 4.39 Å². The van der Waals surface area contributed by atoms with Gasteiger partial charge in [0.25, 0.3) is 0 Å². The minimum absolute atomic E-state index is 0.243. The first kappa shape index (κ1) is 18.4. The van der Waals surface area contributed by atoms with Crippen LogP contribution in [-0.4, -0.2) is 5.11 Å². The number of halogens is 1. The molecule has 0 aliphatic carbocycles. The Hall–Kier alpha value is -2.37. The van der Waals surface area contributed by atoms with E-state index in [1.165, 1.54) is 22.6 Å². The predicted molar refractivity (Wildman–Crippen MR) is 112 cm³/mol. The molecule has 0 aliphatic rings. The van der Waals surface area contributed by atoms with Gasteiger partial charge in [0, 0.05) is 22.9 Å². The van der Waals surface area contributed by atoms with Gasteiger partial charge in [0.2, 0.25) is 0 Å². The van der Waals surface area contributed by atoms with Crippen LogP contribution in [0.1, 0.15) is 11.1 Å². The molecule has 0 radical (unpaired) electrons. The summed E-state index contributed by atoms with van der Waals surface area (Å²) in [6.07, 6.45) is 0. The van der Waals surface area contributed by atoms with Crippen LogP contribution in [0.4, 0.5) is 10.1 Å². The Balaban J connectivity index is 1.46. The normalized spacial score (nSPS) is 10.3. The van der Waals surface area contributed by atoms with Crippen molar-refractivity contribution in [1.82, 2.24) is 5.32 Å². The van der Waals surface area contributed by atoms with Gasteiger partial charge < -0.3 is 10.6 Å². The number of benzene rings is 3. The van der Waals surface area contributed by atoms with E-state index in [1.54, 1.807) is 6.07 Å². The van der Waals surface area contributed by atoms with Gasteiger partial charge in [-0.05, 0) is 59.7 Å². The number of thiocarbonyl (C=S) groups is 1. The second kappa shape index (κ2) is 9.36. The number of thioether (sulfide) groups is 1. The highest BCUT2D eigenvalue weighted by Gasteiger charge is 2.01. The zero-order valence-corrected chi connectivity index (χ0v) is 15.7. The quantitative estimate of drug-likeness (QED) is 0.428. The maximum atomic E-state index is 13.2. The maximum absolute atomic E-state index is 13.2. The van der Waals surface area contributed by atoms with Crippen molar-refractivity contribution in [2.45, 2.75) is 17.2 Å². The van der Waals surface area contributed by atoms with Crippen LogP contribution < -0.4 is 10.6 Å². The molecule has 0 saturated carbocycles. The van der Waals surface area contributed by atoms with E-state index >= 15 is 0 Å². The Labute approximate surface area is 162 Å². The van der Waals surface area contributed by atoms with Crippen molar-refractivity contribution >= 4 is 34.8 Å². The van der Waals surface area contributed by atoms with Gasteiger partial charge >= 0.3 is 0 Å². The van der Waals surface area contributed by atoms with Gasteiger partial charge in [-0.1, -0.05) is 42.5 Å². The number of anilines is 1. The van der Waals surface area contributed by atoms with Crippen LogP contribution in [-0.2, 0) is 12.3 Å². The molecule has 2 N–H and O–H groups in total. The summed E-state index contributed by atoms with van der Waals surface area (Å²) in [7, 11) is 0. The maximum Gasteiger partial charge on any atom is 0.171 e. The van der Waals surface area contributed by atoms with Crippen molar-refractivity contribution < 1.29 is 4.39 Å². The Bertz CT molecular complexity index is 851. The molecule has 5 heteroatoms. The van der Waals surface area contributed by atoms with E-state index in [4.69, 9.17) is 12.2 Å². The third-order valence-electron chi connectivity index (χ3n) is 3.70. The van der Waals surface area contributed by atoms with E-state index in [0.717, 1.165) is 17.0 Å². The lowest BCUT2D eigenvalue weighted by molar-refractivity contribution is 0.625. The first-order valence-corrected chi connectivity index (χ1v) is 9.64. The van der Waals surface area contributed by atoms with Crippen LogP contribution in [0.3, 0.4) is 0 Å². The van der Waals surface area contributed by atoms with Crippen molar-refractivity contribution in [3.8, 4) is 0 Å². The third-order valence-corrected chi connectivity index (χ3v) is 5.03. The summed E-state index contributed by atoms with van der Waals surface area (Å²) in [5.41, 5.74) is 3.03. The molecule has 0 aliphatic heterocycles. The van der Waals surface area contributed by atoms with E-state index in [0.29, 0.717) is 11.7 Å². The molecule has 0 fully saturated rings. The lowest BCUT2D eigenvalue weighted by atomic mass is 10.2. The average molecular weight is 383 g/mol. The highest BCUT2D eigenvalue weighted by Crippen LogP contribution is 2.23. The Morgan fingerprint density at radius 1 is 0.885 bits per heavy atom. The van der Waals surface area contributed by atoms with Gasteiger partial charge in [-0.25, -0.2) is 4.39 Å². The molecule has 132 valence electrons. The first-order chi connectivity index (χ1) is 12.7. The molecule has 26 heavy (non-hydrogen) atoms. The van der Waals surface area contributed by atoms with Crippen molar-refractivity contribution in [1.29, 1.82) is 0 Å². The Morgan fingerprint density at radius 3 is 2.38 bits per heavy atom. The molecule has 3 aromatic rings. The fourth-order valence-corrected chi connectivity index (χ4v) is 3.44. The summed E-state index contributed by atoms with van der Waals surface area (Å²) in [6.45, 7) is 0.482. The van der Waals surface area contributed by atoms with E-state index in [-0.39, 0.29) is 5.82 Å². The van der Waals surface area contributed by atoms with Crippen LogP contribution in [0.25, 0.3) is 0 Å². The zero-order chi connectivity index (χ0) is 18.2. The molecule has 0 amide bonds. The molecule has 0 bridgehead atoms. The van der Waals surface area contributed by atoms with Gasteiger partial charge in [0.1, 0.15) is 5.82 Å². The van der Waals surface area contributed by atoms with Crippen LogP contribution in [0.15, 0.2) is 83.8 Å². The lowest BCUT2D eigenvalue weighted by Crippen LogP contribution is -2.27. The Morgan fingerprint density at radius 2 is 1.65 bits per heavy atom. The topological polar surface area (TPSA) is 24.1 Å². The van der Waals surface area contributed by atoms with Crippen molar-refractivity contribution in [2.24, 2.45) is 0 Å². The SMILES string of the molecule is Fc1cccc(CNC(=S)Nc2ccc(CSc3ccccc3)cc2)c1. The van der Waals surface area contributed by atoms with E-state index in [2.05, 4.69) is 34.9 Å². The highest BCUT2D eigenvalue weighted by atomic mass is 32.2. The van der Waals surface area contributed by atoms with Crippen molar-refractivity contribution in [3.63, 3.8) is 0 Å². The van der Waals surface area contributed by atoms with Crippen LogP contribution in [0, 0.1) is 5.82 Å². The molecule has 0 saturated heterocycles. The molecule has 3 aromatic carbocycles. The molecule has 0 atom stereocenters. The monoisotopic (exact) mass is 382 g/mol. The molecule has 0 aromatic heterocycles. The summed E-state index contributed by atoms with van der Waals surface area (Å²) < 4.78 is 13.2. The smallest absolute Gasteiger partial charge is 0.171 e. The van der Waals surface area contributed by atoms with Crippen molar-refractivity contribution in [2.75, 3.05) is 5.32 Å². The third kappa shape index (κ3) is 5.86. The van der Waals surface area contributed by atoms with Crippen LogP contribution >= 0.6 is 24.0 Å². The second-order valence-corrected chi connectivity index (χ2v) is 7.19. The van der Waals surface area contributed by atoms with Gasteiger partial charge in [-0.2, -0.15) is 0 Å². The largest absolute Gasteiger partial charge is 0.358 e. The second-order valence-electron chi connectivity index (χ2n) is 5.74.